The van der Waals surface area contributed by atoms with E-state index in [0.29, 0.717) is 12.4 Å². The molecule has 0 amide bonds. The molecule has 0 aromatic carbocycles. The lowest BCUT2D eigenvalue weighted by Gasteiger charge is -2.21. The monoisotopic (exact) mass is 303 g/mol. The number of hydrogen-bond acceptors (Lipinski definition) is 4. The first-order valence-corrected chi connectivity index (χ1v) is 7.79. The molecule has 0 aromatic rings. The van der Waals surface area contributed by atoms with Gasteiger partial charge in [0.15, 0.2) is 5.25 Å². The topological polar surface area (TPSA) is 67.5 Å². The third-order valence-corrected chi connectivity index (χ3v) is 4.50. The molecule has 0 heterocycles. The van der Waals surface area contributed by atoms with Gasteiger partial charge in [0.1, 0.15) is 12.4 Å². The van der Waals surface area contributed by atoms with Gasteiger partial charge in [-0.05, 0) is 28.9 Å². The Morgan fingerprint density at radius 3 is 2.80 bits per heavy atom. The van der Waals surface area contributed by atoms with Gasteiger partial charge >= 0.3 is 0 Å². The molecule has 1 aliphatic carbocycles. The molecule has 4 atom stereocenters. The van der Waals surface area contributed by atoms with Crippen molar-refractivity contribution < 1.29 is 18.4 Å². The van der Waals surface area contributed by atoms with E-state index in [1.807, 2.05) is 24.3 Å². The van der Waals surface area contributed by atoms with Crippen molar-refractivity contribution >= 4 is 11.2 Å². The van der Waals surface area contributed by atoms with Crippen LogP contribution in [0.2, 0.25) is 0 Å². The van der Waals surface area contributed by atoms with Crippen molar-refractivity contribution in [1.82, 2.24) is 0 Å². The number of nitrogens with two attached hydrogens (primary N) is 1. The second-order valence-corrected chi connectivity index (χ2v) is 6.14. The average Bonchev–Trinajstić information content (AvgIpc) is 2.71. The van der Waals surface area contributed by atoms with E-state index in [9.17, 15) is 8.94 Å². The summed E-state index contributed by atoms with van der Waals surface area (Å²) in [6.45, 7) is -0.199. The number of methoxy groups -OCH3 is 2. The Bertz CT molecular complexity index is 373. The van der Waals surface area contributed by atoms with Crippen LogP contribution in [0.15, 0.2) is 36.0 Å². The van der Waals surface area contributed by atoms with Gasteiger partial charge in [-0.3, -0.25) is 0 Å². The third kappa shape index (κ3) is 5.03. The number of ether oxygens (including phenoxy) is 2. The van der Waals surface area contributed by atoms with Crippen LogP contribution in [-0.2, 0) is 20.6 Å². The summed E-state index contributed by atoms with van der Waals surface area (Å²) < 4.78 is 34.9. The van der Waals surface area contributed by atoms with Gasteiger partial charge in [0.05, 0.1) is 18.8 Å². The van der Waals surface area contributed by atoms with Gasteiger partial charge in [-0.25, -0.2) is 4.39 Å². The minimum absolute atomic E-state index is 0.182. The third-order valence-electron chi connectivity index (χ3n) is 3.01. The lowest BCUT2D eigenvalue weighted by atomic mass is 10.0. The standard InChI is InChI=1S/C14H22FNO3S/c1-18-8-9-20(17)12-5-3-4-11(6-7-12)14(19-2)13(16)10-15/h3-7,12-14H,8-10,16H2,1-2H3. The first kappa shape index (κ1) is 17.4. The van der Waals surface area contributed by atoms with E-state index in [4.69, 9.17) is 15.2 Å². The second kappa shape index (κ2) is 9.31. The van der Waals surface area contributed by atoms with Crippen molar-refractivity contribution in [1.29, 1.82) is 0 Å². The quantitative estimate of drug-likeness (QED) is 0.682. The zero-order valence-corrected chi connectivity index (χ0v) is 12.6. The summed E-state index contributed by atoms with van der Waals surface area (Å²) >= 11 is -1.04. The molecule has 1 aliphatic rings. The van der Waals surface area contributed by atoms with Crippen LogP contribution >= 0.6 is 0 Å². The largest absolute Gasteiger partial charge is 0.616 e. The number of allylic oxidation sites excluding steroid dienone is 2. The number of halogens is 1. The zero-order valence-electron chi connectivity index (χ0n) is 11.8. The molecule has 6 heteroatoms. The molecule has 0 aromatic heterocycles. The lowest BCUT2D eigenvalue weighted by molar-refractivity contribution is 0.102. The van der Waals surface area contributed by atoms with Crippen molar-refractivity contribution in [2.24, 2.45) is 5.73 Å². The van der Waals surface area contributed by atoms with Crippen molar-refractivity contribution in [2.45, 2.75) is 17.4 Å². The Balaban J connectivity index is 2.71. The summed E-state index contributed by atoms with van der Waals surface area (Å²) in [5, 5.41) is -0.182. The van der Waals surface area contributed by atoms with E-state index in [1.165, 1.54) is 7.11 Å². The van der Waals surface area contributed by atoms with Gasteiger partial charge in [0.25, 0.3) is 0 Å². The molecule has 4 unspecified atom stereocenters. The van der Waals surface area contributed by atoms with Crippen LogP contribution in [0.1, 0.15) is 0 Å². The SMILES string of the molecule is COCC[S+]([O-])C1C=CC=C(C(OC)C(N)CF)C=C1. The van der Waals surface area contributed by atoms with Crippen LogP contribution in [0.4, 0.5) is 4.39 Å². The average molecular weight is 303 g/mol. The van der Waals surface area contributed by atoms with Crippen LogP contribution < -0.4 is 5.73 Å². The highest BCUT2D eigenvalue weighted by molar-refractivity contribution is 7.92. The van der Waals surface area contributed by atoms with E-state index in [2.05, 4.69) is 0 Å². The molecule has 0 spiro atoms. The molecule has 0 aliphatic heterocycles. The molecule has 2 N–H and O–H groups in total. The summed E-state index contributed by atoms with van der Waals surface area (Å²) in [5.41, 5.74) is 6.47. The first-order chi connectivity index (χ1) is 9.63. The number of hydrogen-bond donors (Lipinski definition) is 1. The highest BCUT2D eigenvalue weighted by Crippen LogP contribution is 2.18. The van der Waals surface area contributed by atoms with Crippen LogP contribution in [0, 0.1) is 0 Å². The minimum atomic E-state index is -1.04. The van der Waals surface area contributed by atoms with Crippen LogP contribution in [0.3, 0.4) is 0 Å². The maximum Gasteiger partial charge on any atom is 0.152 e. The number of rotatable bonds is 8. The Labute approximate surface area is 122 Å². The van der Waals surface area contributed by atoms with Crippen LogP contribution in [0.5, 0.6) is 0 Å². The summed E-state index contributed by atoms with van der Waals surface area (Å²) in [5.74, 6) is 0.475. The van der Waals surface area contributed by atoms with E-state index in [0.717, 1.165) is 5.57 Å². The molecule has 20 heavy (non-hydrogen) atoms. The second-order valence-electron chi connectivity index (χ2n) is 4.43. The van der Waals surface area contributed by atoms with Gasteiger partial charge in [-0.15, -0.1) is 0 Å². The van der Waals surface area contributed by atoms with Crippen molar-refractivity contribution in [3.63, 3.8) is 0 Å². The van der Waals surface area contributed by atoms with E-state index >= 15 is 0 Å². The molecule has 1 rings (SSSR count). The van der Waals surface area contributed by atoms with E-state index < -0.39 is 30.0 Å². The molecule has 0 bridgehead atoms. The van der Waals surface area contributed by atoms with Crippen molar-refractivity contribution in [3.05, 3.63) is 36.0 Å². The molecule has 114 valence electrons. The first-order valence-electron chi connectivity index (χ1n) is 6.41. The molecule has 0 fully saturated rings. The zero-order chi connectivity index (χ0) is 15.0. The Morgan fingerprint density at radius 1 is 1.45 bits per heavy atom. The fourth-order valence-electron chi connectivity index (χ4n) is 1.91. The summed E-state index contributed by atoms with van der Waals surface area (Å²) in [6, 6.07) is -0.708. The fraction of sp³-hybridized carbons (Fsp3) is 0.571. The Hall–Kier alpha value is -0.660. The molecule has 0 radical (unpaired) electrons. The Morgan fingerprint density at radius 2 is 2.20 bits per heavy atom. The molecule has 4 nitrogen and oxygen atoms in total. The minimum Gasteiger partial charge on any atom is -0.616 e. The van der Waals surface area contributed by atoms with Crippen LogP contribution in [-0.4, -0.2) is 55.2 Å². The summed E-state index contributed by atoms with van der Waals surface area (Å²) in [6.07, 6.45) is 8.60. The normalized spacial score (nSPS) is 23.1. The van der Waals surface area contributed by atoms with Crippen LogP contribution in [0.25, 0.3) is 0 Å². The van der Waals surface area contributed by atoms with Gasteiger partial charge in [0, 0.05) is 14.2 Å². The smallest absolute Gasteiger partial charge is 0.152 e. The fourth-order valence-corrected chi connectivity index (χ4v) is 3.03. The van der Waals surface area contributed by atoms with Gasteiger partial charge in [-0.2, -0.15) is 0 Å². The number of alkyl halides is 1. The highest BCUT2D eigenvalue weighted by Gasteiger charge is 2.23. The van der Waals surface area contributed by atoms with Crippen molar-refractivity contribution in [3.8, 4) is 0 Å². The van der Waals surface area contributed by atoms with Gasteiger partial charge < -0.3 is 19.8 Å². The summed E-state index contributed by atoms with van der Waals surface area (Å²) in [4.78, 5) is 0. The molecule has 0 saturated carbocycles. The lowest BCUT2D eigenvalue weighted by Crippen LogP contribution is -2.39. The van der Waals surface area contributed by atoms with E-state index in [1.54, 1.807) is 13.2 Å². The maximum absolute atomic E-state index is 12.7. The van der Waals surface area contributed by atoms with E-state index in [-0.39, 0.29) is 5.25 Å². The van der Waals surface area contributed by atoms with Crippen molar-refractivity contribution in [2.75, 3.05) is 33.3 Å². The Kier molecular flexibility index (Phi) is 8.09. The molecule has 0 saturated heterocycles. The van der Waals surface area contributed by atoms with Gasteiger partial charge in [0.2, 0.25) is 0 Å². The molecular weight excluding hydrogens is 281 g/mol. The predicted octanol–water partition coefficient (Wildman–Crippen LogP) is 1.11. The maximum atomic E-state index is 12.7. The highest BCUT2D eigenvalue weighted by atomic mass is 32.2. The van der Waals surface area contributed by atoms with Gasteiger partial charge in [-0.1, -0.05) is 18.2 Å². The predicted molar refractivity (Wildman–Crippen MR) is 79.8 cm³/mol. The molecular formula is C14H22FNO3S. The summed E-state index contributed by atoms with van der Waals surface area (Å²) in [7, 11) is 3.08.